The van der Waals surface area contributed by atoms with Gasteiger partial charge in [-0.05, 0) is 42.0 Å². The molecule has 2 aromatic carbocycles. The van der Waals surface area contributed by atoms with E-state index in [1.807, 2.05) is 4.68 Å². The number of nitrogens with zero attached hydrogens (tertiary/aromatic N) is 4. The van der Waals surface area contributed by atoms with E-state index in [0.29, 0.717) is 6.54 Å². The molecule has 3 aromatic rings. The zero-order valence-corrected chi connectivity index (χ0v) is 17.1. The van der Waals surface area contributed by atoms with E-state index in [1.54, 1.807) is 17.0 Å². The molecule has 0 amide bonds. The molecule has 4 rings (SSSR count). The Kier molecular flexibility index (Phi) is 5.97. The second-order valence-corrected chi connectivity index (χ2v) is 7.93. The molecule has 29 heavy (non-hydrogen) atoms. The van der Waals surface area contributed by atoms with E-state index in [1.165, 1.54) is 34.7 Å². The highest BCUT2D eigenvalue weighted by Gasteiger charge is 2.35. The largest absolute Gasteiger partial charge is 0.326 e. The first-order chi connectivity index (χ1) is 14.1. The molecule has 0 bridgehead atoms. The third-order valence-corrected chi connectivity index (χ3v) is 5.98. The van der Waals surface area contributed by atoms with E-state index in [2.05, 4.69) is 53.6 Å². The average Bonchev–Trinajstić information content (AvgIpc) is 3.19. The number of piperazine rings is 1. The van der Waals surface area contributed by atoms with Gasteiger partial charge in [-0.2, -0.15) is 0 Å². The van der Waals surface area contributed by atoms with Crippen LogP contribution in [0.15, 0.2) is 48.5 Å². The second kappa shape index (κ2) is 8.80. The summed E-state index contributed by atoms with van der Waals surface area (Å²) in [6, 6.07) is 15.3. The Morgan fingerprint density at radius 1 is 1.00 bits per heavy atom. The maximum absolute atomic E-state index is 13.3. The number of nitrogens with one attached hydrogen (secondary N) is 2. The summed E-state index contributed by atoms with van der Waals surface area (Å²) < 4.78 is 15.1. The van der Waals surface area contributed by atoms with Crippen molar-refractivity contribution in [3.63, 3.8) is 0 Å². The van der Waals surface area contributed by atoms with Crippen molar-refractivity contribution in [3.8, 4) is 0 Å². The SMILES string of the molecule is CC[NH+]1CC[NH+]([C@H](c2ccc(C)cc2)c2nnnn2Cc2ccc(F)cc2)CC1. The van der Waals surface area contributed by atoms with Crippen LogP contribution in [0, 0.1) is 12.7 Å². The number of likely N-dealkylation sites (N-methyl/N-ethyl adjacent to an activating group) is 1. The Bertz CT molecular complexity index is 913. The van der Waals surface area contributed by atoms with Crippen LogP contribution in [0.5, 0.6) is 0 Å². The summed E-state index contributed by atoms with van der Waals surface area (Å²) in [6.45, 7) is 10.6. The van der Waals surface area contributed by atoms with Crippen LogP contribution in [0.4, 0.5) is 4.39 Å². The standard InChI is InChI=1S/C22H27FN6/c1-3-27-12-14-28(15-13-27)21(19-8-4-17(2)5-9-19)22-24-25-26-29(22)16-18-6-10-20(23)11-7-18/h4-11,21H,3,12-16H2,1-2H3/p+2/t21-/m1/s1. The summed E-state index contributed by atoms with van der Waals surface area (Å²) in [7, 11) is 0. The molecule has 152 valence electrons. The van der Waals surface area contributed by atoms with E-state index in [4.69, 9.17) is 0 Å². The van der Waals surface area contributed by atoms with Gasteiger partial charge in [-0.25, -0.2) is 9.07 Å². The number of quaternary nitrogens is 2. The van der Waals surface area contributed by atoms with Crippen molar-refractivity contribution >= 4 is 0 Å². The Morgan fingerprint density at radius 2 is 1.69 bits per heavy atom. The van der Waals surface area contributed by atoms with Crippen LogP contribution in [-0.4, -0.2) is 52.9 Å². The van der Waals surface area contributed by atoms with Crippen molar-refractivity contribution in [1.29, 1.82) is 0 Å². The lowest BCUT2D eigenvalue weighted by molar-refractivity contribution is -1.02. The topological polar surface area (TPSA) is 52.5 Å². The first-order valence-corrected chi connectivity index (χ1v) is 10.4. The fraction of sp³-hybridized carbons (Fsp3) is 0.409. The molecule has 1 saturated heterocycles. The van der Waals surface area contributed by atoms with Crippen LogP contribution in [0.3, 0.4) is 0 Å². The van der Waals surface area contributed by atoms with E-state index < -0.39 is 0 Å². The normalized spacial score (nSPS) is 20.5. The quantitative estimate of drug-likeness (QED) is 0.620. The van der Waals surface area contributed by atoms with Crippen molar-refractivity contribution in [2.75, 3.05) is 32.7 Å². The van der Waals surface area contributed by atoms with Crippen LogP contribution in [-0.2, 0) is 6.54 Å². The number of hydrogen-bond donors (Lipinski definition) is 2. The lowest BCUT2D eigenvalue weighted by Crippen LogP contribution is -3.28. The van der Waals surface area contributed by atoms with Gasteiger partial charge < -0.3 is 9.80 Å². The molecule has 1 aromatic heterocycles. The number of tetrazole rings is 1. The van der Waals surface area contributed by atoms with E-state index in [9.17, 15) is 4.39 Å². The molecule has 0 unspecified atom stereocenters. The predicted molar refractivity (Wildman–Crippen MR) is 108 cm³/mol. The van der Waals surface area contributed by atoms with Gasteiger partial charge in [-0.1, -0.05) is 42.0 Å². The lowest BCUT2D eigenvalue weighted by Gasteiger charge is -2.33. The number of benzene rings is 2. The van der Waals surface area contributed by atoms with Crippen molar-refractivity contribution in [2.24, 2.45) is 0 Å². The molecule has 7 heteroatoms. The van der Waals surface area contributed by atoms with Crippen LogP contribution in [0.25, 0.3) is 0 Å². The van der Waals surface area contributed by atoms with Crippen molar-refractivity contribution in [2.45, 2.75) is 26.4 Å². The average molecular weight is 397 g/mol. The molecule has 0 radical (unpaired) electrons. The highest BCUT2D eigenvalue weighted by molar-refractivity contribution is 5.26. The molecule has 1 atom stereocenters. The van der Waals surface area contributed by atoms with Crippen molar-refractivity contribution in [3.05, 3.63) is 76.9 Å². The van der Waals surface area contributed by atoms with Crippen molar-refractivity contribution in [1.82, 2.24) is 20.2 Å². The Labute approximate surface area is 170 Å². The van der Waals surface area contributed by atoms with Gasteiger partial charge >= 0.3 is 0 Å². The molecule has 1 fully saturated rings. The zero-order valence-electron chi connectivity index (χ0n) is 17.1. The molecule has 1 aliphatic heterocycles. The monoisotopic (exact) mass is 396 g/mol. The lowest BCUT2D eigenvalue weighted by atomic mass is 10.0. The summed E-state index contributed by atoms with van der Waals surface area (Å²) in [4.78, 5) is 3.16. The van der Waals surface area contributed by atoms with Crippen LogP contribution >= 0.6 is 0 Å². The number of aryl methyl sites for hydroxylation is 1. The van der Waals surface area contributed by atoms with Gasteiger partial charge in [0.1, 0.15) is 32.0 Å². The van der Waals surface area contributed by atoms with Gasteiger partial charge in [-0.3, -0.25) is 0 Å². The number of halogens is 1. The summed E-state index contributed by atoms with van der Waals surface area (Å²) in [5.74, 6) is 0.636. The first-order valence-electron chi connectivity index (χ1n) is 10.4. The summed E-state index contributed by atoms with van der Waals surface area (Å²) in [5, 5.41) is 12.7. The third-order valence-electron chi connectivity index (χ3n) is 5.98. The van der Waals surface area contributed by atoms with Crippen molar-refractivity contribution < 1.29 is 14.2 Å². The molecular formula is C22H29FN6+2. The molecular weight excluding hydrogens is 367 g/mol. The predicted octanol–water partition coefficient (Wildman–Crippen LogP) is 0.0616. The maximum Gasteiger partial charge on any atom is 0.214 e. The van der Waals surface area contributed by atoms with Gasteiger partial charge in [0.05, 0.1) is 13.1 Å². The summed E-state index contributed by atoms with van der Waals surface area (Å²) >= 11 is 0. The Hall–Kier alpha value is -2.64. The minimum absolute atomic E-state index is 0.0875. The van der Waals surface area contributed by atoms with Crippen LogP contribution < -0.4 is 9.80 Å². The molecule has 2 N–H and O–H groups in total. The Morgan fingerprint density at radius 3 is 2.34 bits per heavy atom. The van der Waals surface area contributed by atoms with E-state index in [-0.39, 0.29) is 11.9 Å². The number of rotatable bonds is 6. The zero-order chi connectivity index (χ0) is 20.2. The molecule has 1 aliphatic rings. The van der Waals surface area contributed by atoms with Gasteiger partial charge in [0.25, 0.3) is 0 Å². The summed E-state index contributed by atoms with van der Waals surface area (Å²) in [5.41, 5.74) is 3.47. The van der Waals surface area contributed by atoms with E-state index >= 15 is 0 Å². The molecule has 0 saturated carbocycles. The van der Waals surface area contributed by atoms with E-state index in [0.717, 1.165) is 37.6 Å². The summed E-state index contributed by atoms with van der Waals surface area (Å²) in [6.07, 6.45) is 0. The maximum atomic E-state index is 13.3. The van der Waals surface area contributed by atoms with Crippen LogP contribution in [0.2, 0.25) is 0 Å². The first kappa shape index (κ1) is 19.7. The minimum Gasteiger partial charge on any atom is -0.326 e. The van der Waals surface area contributed by atoms with Gasteiger partial charge in [0, 0.05) is 5.56 Å². The Balaban J connectivity index is 1.65. The third kappa shape index (κ3) is 4.52. The van der Waals surface area contributed by atoms with Gasteiger partial charge in [0.2, 0.25) is 5.82 Å². The van der Waals surface area contributed by atoms with Crippen LogP contribution in [0.1, 0.15) is 35.5 Å². The minimum atomic E-state index is -0.232. The second-order valence-electron chi connectivity index (χ2n) is 7.93. The number of aromatic nitrogens is 4. The fourth-order valence-corrected chi connectivity index (χ4v) is 4.19. The molecule has 6 nitrogen and oxygen atoms in total. The molecule has 0 aliphatic carbocycles. The smallest absolute Gasteiger partial charge is 0.214 e. The molecule has 0 spiro atoms. The van der Waals surface area contributed by atoms with Gasteiger partial charge in [0.15, 0.2) is 6.04 Å². The highest BCUT2D eigenvalue weighted by Crippen LogP contribution is 2.19. The highest BCUT2D eigenvalue weighted by atomic mass is 19.1. The molecule has 2 heterocycles. The fourth-order valence-electron chi connectivity index (χ4n) is 4.19. The van der Waals surface area contributed by atoms with Gasteiger partial charge in [-0.15, -0.1) is 5.10 Å². The number of hydrogen-bond acceptors (Lipinski definition) is 3.